The van der Waals surface area contributed by atoms with E-state index < -0.39 is 0 Å². The van der Waals surface area contributed by atoms with Crippen LogP contribution in [-0.4, -0.2) is 19.6 Å². The Hall–Kier alpha value is -2.41. The summed E-state index contributed by atoms with van der Waals surface area (Å²) in [6.45, 7) is 0.584. The van der Waals surface area contributed by atoms with Crippen LogP contribution in [0.25, 0.3) is 0 Å². The van der Waals surface area contributed by atoms with Crippen LogP contribution in [0, 0.1) is 11.8 Å². The maximum atomic E-state index is 12.0. The van der Waals surface area contributed by atoms with Gasteiger partial charge in [-0.05, 0) is 37.7 Å². The predicted molar refractivity (Wildman–Crippen MR) is 89.8 cm³/mol. The molecule has 0 saturated carbocycles. The third kappa shape index (κ3) is 5.53. The summed E-state index contributed by atoms with van der Waals surface area (Å²) < 4.78 is 0. The summed E-state index contributed by atoms with van der Waals surface area (Å²) in [6.07, 6.45) is 14.8. The van der Waals surface area contributed by atoms with Crippen LogP contribution in [-0.2, 0) is 0 Å². The van der Waals surface area contributed by atoms with Crippen LogP contribution >= 0.6 is 0 Å². The van der Waals surface area contributed by atoms with Crippen molar-refractivity contribution in [1.29, 1.82) is 0 Å². The molecule has 0 spiro atoms. The van der Waals surface area contributed by atoms with E-state index in [2.05, 4.69) is 46.0 Å². The minimum absolute atomic E-state index is 0.201. The molecule has 0 aromatic carbocycles. The topological polar surface area (TPSA) is 53.2 Å². The average Bonchev–Trinajstić information content (AvgIpc) is 2.66. The molecule has 4 heteroatoms. The Labute approximate surface area is 132 Å². The van der Waals surface area contributed by atoms with Crippen LogP contribution in [0.2, 0.25) is 0 Å². The van der Waals surface area contributed by atoms with Crippen molar-refractivity contribution in [3.8, 4) is 11.8 Å². The zero-order chi connectivity index (χ0) is 15.6. The standard InChI is InChI=1S/C18H23N3O/c1-19-16-10-5-6-11-17(13-7-12-16)21-18(22)20-14-15-8-3-2-4-9-15/h2-3,8,12-13,19H,4-5,7,9-10,14H2,1H3,(H2,20,21,22)/b16-12+,17-13+. The summed E-state index contributed by atoms with van der Waals surface area (Å²) in [5, 5.41) is 8.88. The molecule has 2 rings (SSSR count). The summed E-state index contributed by atoms with van der Waals surface area (Å²) in [7, 11) is 1.92. The highest BCUT2D eigenvalue weighted by atomic mass is 16.2. The Bertz CT molecular complexity index is 585. The molecule has 0 radical (unpaired) electrons. The van der Waals surface area contributed by atoms with Gasteiger partial charge in [-0.1, -0.05) is 35.8 Å². The van der Waals surface area contributed by atoms with Crippen molar-refractivity contribution in [2.75, 3.05) is 13.6 Å². The molecule has 0 aromatic rings. The van der Waals surface area contributed by atoms with Crippen LogP contribution in [0.5, 0.6) is 0 Å². The number of amides is 2. The zero-order valence-electron chi connectivity index (χ0n) is 13.0. The first-order valence-corrected chi connectivity index (χ1v) is 7.73. The highest BCUT2D eigenvalue weighted by Gasteiger charge is 2.05. The van der Waals surface area contributed by atoms with Crippen molar-refractivity contribution in [2.24, 2.45) is 0 Å². The van der Waals surface area contributed by atoms with E-state index in [4.69, 9.17) is 0 Å². The van der Waals surface area contributed by atoms with E-state index in [1.54, 1.807) is 0 Å². The van der Waals surface area contributed by atoms with Crippen molar-refractivity contribution in [3.63, 3.8) is 0 Å². The summed E-state index contributed by atoms with van der Waals surface area (Å²) in [4.78, 5) is 12.0. The number of rotatable bonds is 4. The molecule has 22 heavy (non-hydrogen) atoms. The van der Waals surface area contributed by atoms with Gasteiger partial charge in [-0.3, -0.25) is 0 Å². The number of hydrogen-bond acceptors (Lipinski definition) is 2. The molecule has 3 N–H and O–H groups in total. The van der Waals surface area contributed by atoms with E-state index >= 15 is 0 Å². The van der Waals surface area contributed by atoms with Gasteiger partial charge in [0.25, 0.3) is 0 Å². The second kappa shape index (κ2) is 8.78. The van der Waals surface area contributed by atoms with Gasteiger partial charge in [0.2, 0.25) is 0 Å². The Morgan fingerprint density at radius 1 is 1.32 bits per heavy atom. The Morgan fingerprint density at radius 2 is 2.23 bits per heavy atom. The van der Waals surface area contributed by atoms with E-state index in [0.29, 0.717) is 12.2 Å². The van der Waals surface area contributed by atoms with Gasteiger partial charge in [0.1, 0.15) is 0 Å². The summed E-state index contributed by atoms with van der Waals surface area (Å²) in [6, 6.07) is -0.201. The maximum Gasteiger partial charge on any atom is 0.319 e. The van der Waals surface area contributed by atoms with Crippen molar-refractivity contribution in [1.82, 2.24) is 16.0 Å². The lowest BCUT2D eigenvalue weighted by Crippen LogP contribution is -2.35. The molecule has 4 nitrogen and oxygen atoms in total. The largest absolute Gasteiger partial charge is 0.392 e. The smallest absolute Gasteiger partial charge is 0.319 e. The van der Waals surface area contributed by atoms with Crippen molar-refractivity contribution < 1.29 is 4.79 Å². The number of carbonyl (C=O) groups excluding carboxylic acids is 1. The van der Waals surface area contributed by atoms with Gasteiger partial charge in [0.15, 0.2) is 0 Å². The summed E-state index contributed by atoms with van der Waals surface area (Å²) in [5.41, 5.74) is 3.10. The van der Waals surface area contributed by atoms with Gasteiger partial charge in [-0.2, -0.15) is 0 Å². The minimum Gasteiger partial charge on any atom is -0.392 e. The zero-order valence-corrected chi connectivity index (χ0v) is 13.0. The SMILES string of the molecule is CN/C1=C/C/C=C(/NC(=O)NCC2=CC=CCC2)C#CCC1. The quantitative estimate of drug-likeness (QED) is 0.699. The fourth-order valence-electron chi connectivity index (χ4n) is 2.30. The molecule has 116 valence electrons. The monoisotopic (exact) mass is 297 g/mol. The van der Waals surface area contributed by atoms with Crippen molar-refractivity contribution in [2.45, 2.75) is 32.1 Å². The molecule has 0 fully saturated rings. The van der Waals surface area contributed by atoms with Gasteiger partial charge in [0.05, 0.1) is 5.70 Å². The number of nitrogens with one attached hydrogen (secondary N) is 3. The highest BCUT2D eigenvalue weighted by molar-refractivity contribution is 5.77. The van der Waals surface area contributed by atoms with Gasteiger partial charge in [-0.25, -0.2) is 4.79 Å². The van der Waals surface area contributed by atoms with E-state index in [0.717, 1.165) is 32.1 Å². The van der Waals surface area contributed by atoms with Crippen LogP contribution in [0.3, 0.4) is 0 Å². The van der Waals surface area contributed by atoms with Gasteiger partial charge in [0, 0.05) is 25.7 Å². The Morgan fingerprint density at radius 3 is 3.00 bits per heavy atom. The maximum absolute atomic E-state index is 12.0. The lowest BCUT2D eigenvalue weighted by molar-refractivity contribution is 0.244. The Kier molecular flexibility index (Phi) is 6.38. The first-order valence-electron chi connectivity index (χ1n) is 7.73. The van der Waals surface area contributed by atoms with Gasteiger partial charge < -0.3 is 16.0 Å². The third-order valence-electron chi connectivity index (χ3n) is 3.57. The second-order valence-corrected chi connectivity index (χ2v) is 5.23. The molecule has 2 aliphatic carbocycles. The minimum atomic E-state index is -0.201. The third-order valence-corrected chi connectivity index (χ3v) is 3.57. The van der Waals surface area contributed by atoms with Gasteiger partial charge in [-0.15, -0.1) is 0 Å². The predicted octanol–water partition coefficient (Wildman–Crippen LogP) is 2.74. The molecule has 0 heterocycles. The molecular weight excluding hydrogens is 274 g/mol. The summed E-state index contributed by atoms with van der Waals surface area (Å²) in [5.74, 6) is 6.12. The number of urea groups is 1. The molecule has 0 atom stereocenters. The first-order chi connectivity index (χ1) is 10.8. The molecule has 2 aliphatic rings. The second-order valence-electron chi connectivity index (χ2n) is 5.23. The molecule has 0 saturated heterocycles. The molecular formula is C18H23N3O. The lowest BCUT2D eigenvalue weighted by atomic mass is 10.1. The first kappa shape index (κ1) is 16.0. The molecule has 0 unspecified atom stereocenters. The average molecular weight is 297 g/mol. The molecule has 0 aromatic heterocycles. The van der Waals surface area contributed by atoms with Crippen molar-refractivity contribution >= 4 is 6.03 Å². The number of allylic oxidation sites excluding steroid dienone is 7. The lowest BCUT2D eigenvalue weighted by Gasteiger charge is -2.11. The number of hydrogen-bond donors (Lipinski definition) is 3. The number of carbonyl (C=O) groups is 1. The molecule has 2 amide bonds. The van der Waals surface area contributed by atoms with Crippen molar-refractivity contribution in [3.05, 3.63) is 47.3 Å². The summed E-state index contributed by atoms with van der Waals surface area (Å²) >= 11 is 0. The molecule has 0 bridgehead atoms. The van der Waals surface area contributed by atoms with E-state index in [1.807, 2.05) is 19.2 Å². The van der Waals surface area contributed by atoms with E-state index in [1.165, 1.54) is 11.3 Å². The van der Waals surface area contributed by atoms with Crippen LogP contribution in [0.4, 0.5) is 4.79 Å². The Balaban J connectivity index is 1.85. The van der Waals surface area contributed by atoms with E-state index in [-0.39, 0.29) is 6.03 Å². The van der Waals surface area contributed by atoms with E-state index in [9.17, 15) is 4.79 Å². The van der Waals surface area contributed by atoms with Crippen LogP contribution < -0.4 is 16.0 Å². The molecule has 0 aliphatic heterocycles. The highest BCUT2D eigenvalue weighted by Crippen LogP contribution is 2.10. The van der Waals surface area contributed by atoms with Crippen LogP contribution in [0.1, 0.15) is 32.1 Å². The normalized spacial score (nSPS) is 22.1. The fraction of sp³-hybridized carbons (Fsp3) is 0.389. The van der Waals surface area contributed by atoms with Gasteiger partial charge >= 0.3 is 6.03 Å². The fourth-order valence-corrected chi connectivity index (χ4v) is 2.30. The van der Waals surface area contributed by atoms with Crippen LogP contribution in [0.15, 0.2) is 47.3 Å².